The Kier molecular flexibility index (Phi) is 7.29. The summed E-state index contributed by atoms with van der Waals surface area (Å²) in [6.45, 7) is 5.81. The van der Waals surface area contributed by atoms with Crippen LogP contribution in [0.3, 0.4) is 0 Å². The molecule has 112 valence electrons. The molecule has 5 heteroatoms. The van der Waals surface area contributed by atoms with Gasteiger partial charge in [0.2, 0.25) is 0 Å². The summed E-state index contributed by atoms with van der Waals surface area (Å²) in [5.41, 5.74) is 2.02. The van der Waals surface area contributed by atoms with Crippen LogP contribution < -0.4 is 10.6 Å². The number of benzene rings is 1. The van der Waals surface area contributed by atoms with Crippen molar-refractivity contribution in [3.63, 3.8) is 0 Å². The molecule has 4 nitrogen and oxygen atoms in total. The number of hydrogen-bond donors (Lipinski definition) is 3. The molecule has 0 amide bonds. The second-order valence-corrected chi connectivity index (χ2v) is 5.09. The first-order chi connectivity index (χ1) is 9.24. The molecule has 3 N–H and O–H groups in total. The van der Waals surface area contributed by atoms with Gasteiger partial charge in [0, 0.05) is 12.6 Å². The SMILES string of the molecule is CCNC(=NCc1ccccc1CO)NC1CC1C.I. The molecule has 2 unspecified atom stereocenters. The van der Waals surface area contributed by atoms with E-state index in [1.807, 2.05) is 24.3 Å². The van der Waals surface area contributed by atoms with E-state index in [-0.39, 0.29) is 30.6 Å². The summed E-state index contributed by atoms with van der Waals surface area (Å²) in [4.78, 5) is 4.59. The molecule has 1 fully saturated rings. The summed E-state index contributed by atoms with van der Waals surface area (Å²) in [5, 5.41) is 16.0. The van der Waals surface area contributed by atoms with Crippen LogP contribution in [0.2, 0.25) is 0 Å². The lowest BCUT2D eigenvalue weighted by atomic mass is 10.1. The first kappa shape index (κ1) is 17.2. The topological polar surface area (TPSA) is 56.7 Å². The van der Waals surface area contributed by atoms with Crippen LogP contribution >= 0.6 is 24.0 Å². The maximum atomic E-state index is 9.30. The summed E-state index contributed by atoms with van der Waals surface area (Å²) in [5.74, 6) is 1.61. The molecular weight excluding hydrogens is 365 g/mol. The minimum absolute atomic E-state index is 0. The average molecular weight is 389 g/mol. The van der Waals surface area contributed by atoms with Gasteiger partial charge in [-0.2, -0.15) is 0 Å². The van der Waals surface area contributed by atoms with Crippen LogP contribution in [0.1, 0.15) is 31.4 Å². The van der Waals surface area contributed by atoms with Gasteiger partial charge in [-0.05, 0) is 30.4 Å². The highest BCUT2D eigenvalue weighted by atomic mass is 127. The molecule has 0 radical (unpaired) electrons. The van der Waals surface area contributed by atoms with Crippen molar-refractivity contribution in [2.45, 2.75) is 39.5 Å². The molecule has 0 aromatic heterocycles. The van der Waals surface area contributed by atoms with Crippen LogP contribution in [0.15, 0.2) is 29.3 Å². The average Bonchev–Trinajstić information content (AvgIpc) is 3.12. The standard InChI is InChI=1S/C15H23N3O.HI/c1-3-16-15(18-14-8-11(14)2)17-9-12-6-4-5-7-13(12)10-19;/h4-7,11,14,19H,3,8-10H2,1-2H3,(H2,16,17,18);1H. The predicted molar refractivity (Wildman–Crippen MR) is 93.3 cm³/mol. The van der Waals surface area contributed by atoms with E-state index < -0.39 is 0 Å². The fraction of sp³-hybridized carbons (Fsp3) is 0.533. The van der Waals surface area contributed by atoms with Crippen molar-refractivity contribution in [1.82, 2.24) is 10.6 Å². The van der Waals surface area contributed by atoms with Gasteiger partial charge in [0.15, 0.2) is 5.96 Å². The second-order valence-electron chi connectivity index (χ2n) is 5.09. The molecule has 0 spiro atoms. The number of hydrogen-bond acceptors (Lipinski definition) is 2. The number of aliphatic imine (C=N–C) groups is 1. The predicted octanol–water partition coefficient (Wildman–Crippen LogP) is 2.26. The zero-order valence-electron chi connectivity index (χ0n) is 12.1. The maximum absolute atomic E-state index is 9.30. The smallest absolute Gasteiger partial charge is 0.191 e. The van der Waals surface area contributed by atoms with Crippen molar-refractivity contribution in [3.8, 4) is 0 Å². The van der Waals surface area contributed by atoms with Crippen LogP contribution in [-0.4, -0.2) is 23.7 Å². The number of rotatable bonds is 5. The number of nitrogens with zero attached hydrogens (tertiary/aromatic N) is 1. The van der Waals surface area contributed by atoms with Crippen molar-refractivity contribution in [2.75, 3.05) is 6.54 Å². The summed E-state index contributed by atoms with van der Waals surface area (Å²) in [6.07, 6.45) is 1.22. The largest absolute Gasteiger partial charge is 0.392 e. The molecule has 0 saturated heterocycles. The Morgan fingerprint density at radius 3 is 2.55 bits per heavy atom. The van der Waals surface area contributed by atoms with E-state index in [0.717, 1.165) is 29.5 Å². The van der Waals surface area contributed by atoms with E-state index in [4.69, 9.17) is 0 Å². The lowest BCUT2D eigenvalue weighted by Crippen LogP contribution is -2.39. The van der Waals surface area contributed by atoms with E-state index in [0.29, 0.717) is 12.6 Å². The quantitative estimate of drug-likeness (QED) is 0.412. The van der Waals surface area contributed by atoms with Crippen molar-refractivity contribution in [2.24, 2.45) is 10.9 Å². The number of nitrogens with one attached hydrogen (secondary N) is 2. The highest BCUT2D eigenvalue weighted by molar-refractivity contribution is 14.0. The van der Waals surface area contributed by atoms with Crippen LogP contribution in [0.5, 0.6) is 0 Å². The molecular formula is C15H24IN3O. The molecule has 0 bridgehead atoms. The highest BCUT2D eigenvalue weighted by Gasteiger charge is 2.33. The normalized spacial score (nSPS) is 21.1. The molecule has 1 aliphatic carbocycles. The van der Waals surface area contributed by atoms with Crippen molar-refractivity contribution in [3.05, 3.63) is 35.4 Å². The number of aliphatic hydroxyl groups is 1. The molecule has 1 aromatic carbocycles. The first-order valence-corrected chi connectivity index (χ1v) is 6.97. The Labute approximate surface area is 138 Å². The zero-order chi connectivity index (χ0) is 13.7. The van der Waals surface area contributed by atoms with Gasteiger partial charge in [0.05, 0.1) is 13.2 Å². The summed E-state index contributed by atoms with van der Waals surface area (Å²) in [7, 11) is 0. The third-order valence-corrected chi connectivity index (χ3v) is 3.47. The zero-order valence-corrected chi connectivity index (χ0v) is 14.4. The van der Waals surface area contributed by atoms with Gasteiger partial charge in [-0.1, -0.05) is 31.2 Å². The van der Waals surface area contributed by atoms with Crippen LogP contribution in [0.25, 0.3) is 0 Å². The molecule has 1 aliphatic rings. The second kappa shape index (κ2) is 8.46. The van der Waals surface area contributed by atoms with E-state index in [1.165, 1.54) is 6.42 Å². The lowest BCUT2D eigenvalue weighted by Gasteiger charge is -2.11. The van der Waals surface area contributed by atoms with Gasteiger partial charge in [-0.25, -0.2) is 4.99 Å². The third-order valence-electron chi connectivity index (χ3n) is 3.47. The van der Waals surface area contributed by atoms with Gasteiger partial charge in [0.25, 0.3) is 0 Å². The molecule has 20 heavy (non-hydrogen) atoms. The minimum atomic E-state index is 0. The van der Waals surface area contributed by atoms with Crippen molar-refractivity contribution < 1.29 is 5.11 Å². The minimum Gasteiger partial charge on any atom is -0.392 e. The summed E-state index contributed by atoms with van der Waals surface area (Å²) >= 11 is 0. The van der Waals surface area contributed by atoms with E-state index in [9.17, 15) is 5.11 Å². The Bertz CT molecular complexity index is 450. The highest BCUT2D eigenvalue weighted by Crippen LogP contribution is 2.28. The molecule has 1 aromatic rings. The van der Waals surface area contributed by atoms with Crippen molar-refractivity contribution >= 4 is 29.9 Å². The fourth-order valence-electron chi connectivity index (χ4n) is 2.05. The third kappa shape index (κ3) is 4.94. The first-order valence-electron chi connectivity index (χ1n) is 6.97. The van der Waals surface area contributed by atoms with Gasteiger partial charge >= 0.3 is 0 Å². The number of guanidine groups is 1. The van der Waals surface area contributed by atoms with Gasteiger partial charge in [-0.15, -0.1) is 24.0 Å². The molecule has 2 rings (SSSR count). The van der Waals surface area contributed by atoms with Gasteiger partial charge < -0.3 is 15.7 Å². The van der Waals surface area contributed by atoms with Crippen molar-refractivity contribution in [1.29, 1.82) is 0 Å². The lowest BCUT2D eigenvalue weighted by molar-refractivity contribution is 0.280. The molecule has 2 atom stereocenters. The Balaban J connectivity index is 0.00000200. The van der Waals surface area contributed by atoms with Gasteiger partial charge in [0.1, 0.15) is 0 Å². The Morgan fingerprint density at radius 1 is 1.35 bits per heavy atom. The van der Waals surface area contributed by atoms with Crippen LogP contribution in [0, 0.1) is 5.92 Å². The number of aliphatic hydroxyl groups excluding tert-OH is 1. The Morgan fingerprint density at radius 2 is 2.00 bits per heavy atom. The molecule has 1 saturated carbocycles. The Hall–Kier alpha value is -0.820. The number of halogens is 1. The molecule has 0 aliphatic heterocycles. The monoisotopic (exact) mass is 389 g/mol. The van der Waals surface area contributed by atoms with E-state index >= 15 is 0 Å². The summed E-state index contributed by atoms with van der Waals surface area (Å²) in [6, 6.07) is 8.43. The van der Waals surface area contributed by atoms with E-state index in [2.05, 4.69) is 29.5 Å². The van der Waals surface area contributed by atoms with Crippen LogP contribution in [-0.2, 0) is 13.2 Å². The maximum Gasteiger partial charge on any atom is 0.191 e. The fourth-order valence-corrected chi connectivity index (χ4v) is 2.05. The molecule has 0 heterocycles. The summed E-state index contributed by atoms with van der Waals surface area (Å²) < 4.78 is 0. The van der Waals surface area contributed by atoms with E-state index in [1.54, 1.807) is 0 Å². The van der Waals surface area contributed by atoms with Gasteiger partial charge in [-0.3, -0.25) is 0 Å². The van der Waals surface area contributed by atoms with Crippen LogP contribution in [0.4, 0.5) is 0 Å².